The molecule has 0 aliphatic carbocycles. The summed E-state index contributed by atoms with van der Waals surface area (Å²) in [7, 11) is 0. The Morgan fingerprint density at radius 2 is 1.86 bits per heavy atom. The van der Waals surface area contributed by atoms with Crippen molar-refractivity contribution in [2.24, 2.45) is 0 Å². The molecule has 0 aromatic heterocycles. The van der Waals surface area contributed by atoms with Gasteiger partial charge in [-0.25, -0.2) is 0 Å². The second-order valence-electron chi connectivity index (χ2n) is 5.29. The largest absolute Gasteiger partial charge is 0.389 e. The van der Waals surface area contributed by atoms with Gasteiger partial charge in [-0.2, -0.15) is 13.2 Å². The molecule has 2 rings (SSSR count). The molecule has 2 nitrogen and oxygen atoms in total. The maximum Gasteiger partial charge on any atom is 0.389 e. The molecule has 1 saturated heterocycles. The fraction of sp³-hybridized carbons (Fsp3) is 0.533. The molecule has 0 unspecified atom stereocenters. The van der Waals surface area contributed by atoms with Crippen molar-refractivity contribution >= 4 is 17.5 Å². The number of piperidine rings is 1. The van der Waals surface area contributed by atoms with E-state index in [9.17, 15) is 18.0 Å². The predicted octanol–water partition coefficient (Wildman–Crippen LogP) is 4.39. The van der Waals surface area contributed by atoms with Gasteiger partial charge in [0.15, 0.2) is 0 Å². The van der Waals surface area contributed by atoms with E-state index in [4.69, 9.17) is 11.6 Å². The van der Waals surface area contributed by atoms with Crippen LogP contribution in [0.3, 0.4) is 0 Å². The molecule has 0 spiro atoms. The molecule has 1 fully saturated rings. The summed E-state index contributed by atoms with van der Waals surface area (Å²) in [4.78, 5) is 13.3. The van der Waals surface area contributed by atoms with Gasteiger partial charge in [0.05, 0.1) is 6.42 Å². The molecule has 1 amide bonds. The first kappa shape index (κ1) is 16.1. The summed E-state index contributed by atoms with van der Waals surface area (Å²) in [5.74, 6) is -0.143. The first-order valence-electron chi connectivity index (χ1n) is 6.96. The Labute approximate surface area is 126 Å². The minimum atomic E-state index is -4.27. The number of hydrogen-bond donors (Lipinski definition) is 0. The molecular formula is C15H17ClF3NO. The lowest BCUT2D eigenvalue weighted by Crippen LogP contribution is -2.38. The predicted molar refractivity (Wildman–Crippen MR) is 75.3 cm³/mol. The number of halogens is 4. The smallest absolute Gasteiger partial charge is 0.343 e. The molecule has 1 aromatic carbocycles. The lowest BCUT2D eigenvalue weighted by atomic mass is 9.89. The Balaban J connectivity index is 1.86. The topological polar surface area (TPSA) is 20.3 Å². The van der Waals surface area contributed by atoms with Gasteiger partial charge in [-0.05, 0) is 30.4 Å². The summed E-state index contributed by atoms with van der Waals surface area (Å²) in [5, 5.41) is 0.708. The van der Waals surface area contributed by atoms with Gasteiger partial charge in [-0.15, -0.1) is 0 Å². The minimum absolute atomic E-state index is 0.269. The van der Waals surface area contributed by atoms with E-state index in [0.717, 1.165) is 18.4 Å². The van der Waals surface area contributed by atoms with Crippen LogP contribution in [-0.4, -0.2) is 30.1 Å². The fourth-order valence-corrected chi connectivity index (χ4v) is 2.94. The summed E-state index contributed by atoms with van der Waals surface area (Å²) >= 11 is 6.15. The molecule has 1 heterocycles. The van der Waals surface area contributed by atoms with Crippen molar-refractivity contribution in [2.75, 3.05) is 13.1 Å². The Hall–Kier alpha value is -1.23. The van der Waals surface area contributed by atoms with Crippen LogP contribution in [0.4, 0.5) is 13.2 Å². The number of likely N-dealkylation sites (tertiary alicyclic amines) is 1. The number of carbonyl (C=O) groups excluding carboxylic acids is 1. The second kappa shape index (κ2) is 6.69. The summed E-state index contributed by atoms with van der Waals surface area (Å²) < 4.78 is 36.4. The van der Waals surface area contributed by atoms with E-state index in [1.54, 1.807) is 0 Å². The van der Waals surface area contributed by atoms with Gasteiger partial charge < -0.3 is 4.90 Å². The maximum absolute atomic E-state index is 12.1. The summed E-state index contributed by atoms with van der Waals surface area (Å²) in [5.41, 5.74) is 1.06. The maximum atomic E-state index is 12.1. The number of alkyl halides is 3. The van der Waals surface area contributed by atoms with E-state index in [2.05, 4.69) is 0 Å². The van der Waals surface area contributed by atoms with Gasteiger partial charge in [-0.1, -0.05) is 29.8 Å². The summed E-state index contributed by atoms with van der Waals surface area (Å²) in [6.07, 6.45) is -4.30. The van der Waals surface area contributed by atoms with Gasteiger partial charge >= 0.3 is 6.18 Å². The van der Waals surface area contributed by atoms with E-state index in [-0.39, 0.29) is 5.92 Å². The normalized spacial score (nSPS) is 17.0. The third-order valence-corrected chi connectivity index (χ3v) is 4.16. The van der Waals surface area contributed by atoms with Gasteiger partial charge in [0.2, 0.25) is 5.91 Å². The van der Waals surface area contributed by atoms with Crippen LogP contribution in [0.25, 0.3) is 0 Å². The Kier molecular flexibility index (Phi) is 5.14. The number of rotatable bonds is 3. The highest BCUT2D eigenvalue weighted by atomic mass is 35.5. The zero-order valence-corrected chi connectivity index (χ0v) is 12.3. The van der Waals surface area contributed by atoms with Crippen LogP contribution in [0.5, 0.6) is 0 Å². The van der Waals surface area contributed by atoms with E-state index in [0.29, 0.717) is 18.1 Å². The van der Waals surface area contributed by atoms with Crippen LogP contribution in [0.2, 0.25) is 5.02 Å². The van der Waals surface area contributed by atoms with Crippen molar-refractivity contribution in [3.8, 4) is 0 Å². The average Bonchev–Trinajstić information content (AvgIpc) is 2.45. The number of nitrogens with zero attached hydrogens (tertiary/aromatic N) is 1. The number of benzene rings is 1. The highest BCUT2D eigenvalue weighted by molar-refractivity contribution is 6.31. The molecule has 1 aliphatic heterocycles. The molecular weight excluding hydrogens is 303 g/mol. The van der Waals surface area contributed by atoms with Crippen LogP contribution in [-0.2, 0) is 4.79 Å². The SMILES string of the molecule is O=C(CCC(F)(F)F)N1CCC(c2ccccc2Cl)CC1. The van der Waals surface area contributed by atoms with E-state index in [1.807, 2.05) is 24.3 Å². The number of hydrogen-bond acceptors (Lipinski definition) is 1. The monoisotopic (exact) mass is 319 g/mol. The second-order valence-corrected chi connectivity index (χ2v) is 5.70. The van der Waals surface area contributed by atoms with E-state index in [1.165, 1.54) is 4.90 Å². The van der Waals surface area contributed by atoms with E-state index >= 15 is 0 Å². The molecule has 0 radical (unpaired) electrons. The zero-order chi connectivity index (χ0) is 15.5. The van der Waals surface area contributed by atoms with Crippen molar-refractivity contribution in [3.05, 3.63) is 34.9 Å². The van der Waals surface area contributed by atoms with Crippen molar-refractivity contribution in [2.45, 2.75) is 37.8 Å². The number of carbonyl (C=O) groups is 1. The average molecular weight is 320 g/mol. The van der Waals surface area contributed by atoms with Crippen molar-refractivity contribution in [1.29, 1.82) is 0 Å². The highest BCUT2D eigenvalue weighted by Crippen LogP contribution is 2.33. The Bertz CT molecular complexity index is 496. The first-order chi connectivity index (χ1) is 9.87. The lowest BCUT2D eigenvalue weighted by Gasteiger charge is -2.32. The highest BCUT2D eigenvalue weighted by Gasteiger charge is 2.30. The van der Waals surface area contributed by atoms with Crippen molar-refractivity contribution in [3.63, 3.8) is 0 Å². The van der Waals surface area contributed by atoms with Crippen LogP contribution in [0.1, 0.15) is 37.2 Å². The molecule has 0 atom stereocenters. The fourth-order valence-electron chi connectivity index (χ4n) is 2.65. The van der Waals surface area contributed by atoms with Crippen LogP contribution >= 0.6 is 11.6 Å². The molecule has 116 valence electrons. The van der Waals surface area contributed by atoms with Crippen molar-refractivity contribution < 1.29 is 18.0 Å². The third-order valence-electron chi connectivity index (χ3n) is 3.82. The van der Waals surface area contributed by atoms with Gasteiger partial charge in [0, 0.05) is 24.5 Å². The molecule has 0 N–H and O–H groups in total. The standard InChI is InChI=1S/C15H17ClF3NO/c16-13-4-2-1-3-12(13)11-6-9-20(10-7-11)14(21)5-8-15(17,18)19/h1-4,11H,5-10H2. The molecule has 0 bridgehead atoms. The molecule has 6 heteroatoms. The molecule has 21 heavy (non-hydrogen) atoms. The molecule has 1 aliphatic rings. The van der Waals surface area contributed by atoms with Crippen LogP contribution in [0, 0.1) is 0 Å². The minimum Gasteiger partial charge on any atom is -0.343 e. The summed E-state index contributed by atoms with van der Waals surface area (Å²) in [6.45, 7) is 0.985. The Morgan fingerprint density at radius 1 is 1.24 bits per heavy atom. The first-order valence-corrected chi connectivity index (χ1v) is 7.33. The Morgan fingerprint density at radius 3 is 2.43 bits per heavy atom. The third kappa shape index (κ3) is 4.63. The van der Waals surface area contributed by atoms with Gasteiger partial charge in [0.25, 0.3) is 0 Å². The molecule has 0 saturated carbocycles. The summed E-state index contributed by atoms with van der Waals surface area (Å²) in [6, 6.07) is 7.58. The van der Waals surface area contributed by atoms with Gasteiger partial charge in [0.1, 0.15) is 0 Å². The van der Waals surface area contributed by atoms with Crippen LogP contribution < -0.4 is 0 Å². The zero-order valence-electron chi connectivity index (χ0n) is 11.5. The van der Waals surface area contributed by atoms with Crippen molar-refractivity contribution in [1.82, 2.24) is 4.90 Å². The lowest BCUT2D eigenvalue weighted by molar-refractivity contribution is -0.149. The van der Waals surface area contributed by atoms with Crippen LogP contribution in [0.15, 0.2) is 24.3 Å². The van der Waals surface area contributed by atoms with E-state index < -0.39 is 24.9 Å². The quantitative estimate of drug-likeness (QED) is 0.809. The van der Waals surface area contributed by atoms with Gasteiger partial charge in [-0.3, -0.25) is 4.79 Å². The molecule has 1 aromatic rings. The number of amides is 1.